The van der Waals surface area contributed by atoms with Crippen LogP contribution < -0.4 is 5.32 Å². The highest BCUT2D eigenvalue weighted by molar-refractivity contribution is 7.89. The third kappa shape index (κ3) is 4.86. The van der Waals surface area contributed by atoms with Crippen molar-refractivity contribution in [3.05, 3.63) is 65.9 Å². The van der Waals surface area contributed by atoms with Gasteiger partial charge in [0.15, 0.2) is 0 Å². The number of nitrogens with zero attached hydrogens (tertiary/aromatic N) is 2. The summed E-state index contributed by atoms with van der Waals surface area (Å²) in [6.07, 6.45) is 3.60. The molecular weight excluding hydrogens is 414 g/mol. The second-order valence-electron chi connectivity index (χ2n) is 7.26. The molecule has 0 fully saturated rings. The molecule has 2 aromatic carbocycles. The Morgan fingerprint density at radius 3 is 2.45 bits per heavy atom. The first kappa shape index (κ1) is 22.7. The molecule has 8 heteroatoms. The third-order valence-electron chi connectivity index (χ3n) is 5.31. The van der Waals surface area contributed by atoms with E-state index in [1.807, 2.05) is 30.3 Å². The Morgan fingerprint density at radius 2 is 1.77 bits per heavy atom. The van der Waals surface area contributed by atoms with Crippen molar-refractivity contribution in [2.75, 3.05) is 18.4 Å². The van der Waals surface area contributed by atoms with Crippen LogP contribution in [0, 0.1) is 0 Å². The van der Waals surface area contributed by atoms with Crippen LogP contribution in [0.15, 0.2) is 59.6 Å². The molecule has 1 heterocycles. The van der Waals surface area contributed by atoms with Gasteiger partial charge in [0.1, 0.15) is 0 Å². The summed E-state index contributed by atoms with van der Waals surface area (Å²) >= 11 is 0. The Hall–Kier alpha value is -2.97. The average Bonchev–Trinajstić information content (AvgIpc) is 2.74. The van der Waals surface area contributed by atoms with Gasteiger partial charge in [-0.25, -0.2) is 8.42 Å². The van der Waals surface area contributed by atoms with Crippen molar-refractivity contribution in [2.45, 2.75) is 38.1 Å². The number of fused-ring (bicyclic) bond motifs is 1. The second kappa shape index (κ2) is 9.45. The SMILES string of the molecule is CCN(CC)S(=O)(=O)c1cccc(NC(=O)C[C@@H]2c3ccccc3C=CN2C(C)=O)c1. The van der Waals surface area contributed by atoms with Gasteiger partial charge in [0, 0.05) is 31.9 Å². The largest absolute Gasteiger partial charge is 0.326 e. The molecule has 0 unspecified atom stereocenters. The molecule has 1 atom stereocenters. The Morgan fingerprint density at radius 1 is 1.06 bits per heavy atom. The molecule has 3 rings (SSSR count). The molecule has 0 aromatic heterocycles. The molecule has 0 saturated carbocycles. The van der Waals surface area contributed by atoms with Gasteiger partial charge in [0.25, 0.3) is 0 Å². The van der Waals surface area contributed by atoms with Crippen molar-refractivity contribution in [2.24, 2.45) is 0 Å². The summed E-state index contributed by atoms with van der Waals surface area (Å²) in [4.78, 5) is 26.6. The number of benzene rings is 2. The molecule has 0 bridgehead atoms. The van der Waals surface area contributed by atoms with Gasteiger partial charge in [-0.05, 0) is 35.4 Å². The molecule has 0 spiro atoms. The van der Waals surface area contributed by atoms with Crippen molar-refractivity contribution in [3.8, 4) is 0 Å². The molecule has 164 valence electrons. The Labute approximate surface area is 183 Å². The lowest BCUT2D eigenvalue weighted by atomic mass is 9.93. The first-order chi connectivity index (χ1) is 14.8. The Bertz CT molecular complexity index is 1110. The number of amides is 2. The van der Waals surface area contributed by atoms with E-state index in [2.05, 4.69) is 5.32 Å². The van der Waals surface area contributed by atoms with E-state index in [4.69, 9.17) is 0 Å². The van der Waals surface area contributed by atoms with Crippen LogP contribution in [0.2, 0.25) is 0 Å². The Kier molecular flexibility index (Phi) is 6.92. The molecule has 7 nitrogen and oxygen atoms in total. The molecule has 0 aliphatic carbocycles. The van der Waals surface area contributed by atoms with E-state index in [1.54, 1.807) is 37.1 Å². The van der Waals surface area contributed by atoms with Gasteiger partial charge in [-0.2, -0.15) is 4.31 Å². The molecule has 0 saturated heterocycles. The number of rotatable bonds is 7. The van der Waals surface area contributed by atoms with Gasteiger partial charge in [-0.3, -0.25) is 9.59 Å². The van der Waals surface area contributed by atoms with Crippen molar-refractivity contribution in [1.82, 2.24) is 9.21 Å². The summed E-state index contributed by atoms with van der Waals surface area (Å²) in [6, 6.07) is 13.4. The first-order valence-corrected chi connectivity index (χ1v) is 11.7. The molecule has 1 N–H and O–H groups in total. The van der Waals surface area contributed by atoms with E-state index in [-0.39, 0.29) is 23.1 Å². The van der Waals surface area contributed by atoms with Crippen molar-refractivity contribution < 1.29 is 18.0 Å². The molecular formula is C23H27N3O4S. The monoisotopic (exact) mass is 441 g/mol. The topological polar surface area (TPSA) is 86.8 Å². The fourth-order valence-corrected chi connectivity index (χ4v) is 5.25. The number of hydrogen-bond acceptors (Lipinski definition) is 4. The summed E-state index contributed by atoms with van der Waals surface area (Å²) in [5.41, 5.74) is 2.26. The molecule has 2 amide bonds. The standard InChI is InChI=1S/C23H27N3O4S/c1-4-25(5-2)31(29,30)20-11-8-10-19(15-20)24-23(28)16-22-21-12-7-6-9-18(21)13-14-26(22)17(3)27/h6-15,22H,4-5,16H2,1-3H3,(H,24,28)/t22-/m1/s1. The molecule has 31 heavy (non-hydrogen) atoms. The highest BCUT2D eigenvalue weighted by Crippen LogP contribution is 2.33. The van der Waals surface area contributed by atoms with Gasteiger partial charge >= 0.3 is 0 Å². The minimum Gasteiger partial charge on any atom is -0.326 e. The van der Waals surface area contributed by atoms with Gasteiger partial charge in [0.2, 0.25) is 21.8 Å². The van der Waals surface area contributed by atoms with Crippen LogP contribution in [0.4, 0.5) is 5.69 Å². The zero-order valence-corrected chi connectivity index (χ0v) is 18.7. The van der Waals surface area contributed by atoms with Crippen LogP contribution in [0.1, 0.15) is 44.4 Å². The number of hydrogen-bond donors (Lipinski definition) is 1. The quantitative estimate of drug-likeness (QED) is 0.711. The van der Waals surface area contributed by atoms with Gasteiger partial charge in [-0.1, -0.05) is 44.2 Å². The number of carbonyl (C=O) groups excluding carboxylic acids is 2. The van der Waals surface area contributed by atoms with E-state index in [0.29, 0.717) is 18.8 Å². The van der Waals surface area contributed by atoms with E-state index < -0.39 is 16.1 Å². The van der Waals surface area contributed by atoms with Crippen LogP contribution in [0.3, 0.4) is 0 Å². The normalized spacial score (nSPS) is 15.6. The van der Waals surface area contributed by atoms with E-state index in [0.717, 1.165) is 11.1 Å². The zero-order chi connectivity index (χ0) is 22.6. The van der Waals surface area contributed by atoms with Crippen molar-refractivity contribution in [1.29, 1.82) is 0 Å². The van der Waals surface area contributed by atoms with E-state index in [1.165, 1.54) is 23.4 Å². The predicted molar refractivity (Wildman–Crippen MR) is 121 cm³/mol. The first-order valence-electron chi connectivity index (χ1n) is 10.2. The van der Waals surface area contributed by atoms with Crippen LogP contribution in [0.5, 0.6) is 0 Å². The maximum atomic E-state index is 12.8. The summed E-state index contributed by atoms with van der Waals surface area (Å²) < 4.78 is 26.9. The summed E-state index contributed by atoms with van der Waals surface area (Å²) in [5.74, 6) is -0.463. The average molecular weight is 442 g/mol. The number of sulfonamides is 1. The van der Waals surface area contributed by atoms with Crippen LogP contribution in [0.25, 0.3) is 6.08 Å². The smallest absolute Gasteiger partial charge is 0.243 e. The number of nitrogens with one attached hydrogen (secondary N) is 1. The predicted octanol–water partition coefficient (Wildman–Crippen LogP) is 3.62. The van der Waals surface area contributed by atoms with Gasteiger partial charge in [0.05, 0.1) is 17.4 Å². The number of carbonyl (C=O) groups is 2. The highest BCUT2D eigenvalue weighted by atomic mass is 32.2. The van der Waals surface area contributed by atoms with Crippen LogP contribution in [-0.2, 0) is 19.6 Å². The minimum atomic E-state index is -3.63. The minimum absolute atomic E-state index is 0.0496. The van der Waals surface area contributed by atoms with Crippen molar-refractivity contribution in [3.63, 3.8) is 0 Å². The molecule has 0 radical (unpaired) electrons. The summed E-state index contributed by atoms with van der Waals surface area (Å²) in [7, 11) is -3.63. The maximum absolute atomic E-state index is 12.8. The van der Waals surface area contributed by atoms with Crippen LogP contribution in [-0.4, -0.2) is 42.5 Å². The lowest BCUT2D eigenvalue weighted by molar-refractivity contribution is -0.129. The third-order valence-corrected chi connectivity index (χ3v) is 7.35. The van der Waals surface area contributed by atoms with Crippen LogP contribution >= 0.6 is 0 Å². The fourth-order valence-electron chi connectivity index (χ4n) is 3.75. The Balaban J connectivity index is 1.81. The lowest BCUT2D eigenvalue weighted by Crippen LogP contribution is -2.33. The second-order valence-corrected chi connectivity index (χ2v) is 9.19. The van der Waals surface area contributed by atoms with E-state index >= 15 is 0 Å². The number of anilines is 1. The van der Waals surface area contributed by atoms with Crippen molar-refractivity contribution >= 4 is 33.6 Å². The zero-order valence-electron chi connectivity index (χ0n) is 17.9. The van der Waals surface area contributed by atoms with Gasteiger partial charge in [-0.15, -0.1) is 0 Å². The van der Waals surface area contributed by atoms with E-state index in [9.17, 15) is 18.0 Å². The molecule has 2 aromatic rings. The lowest BCUT2D eigenvalue weighted by Gasteiger charge is -2.32. The summed E-state index contributed by atoms with van der Waals surface area (Å²) in [6.45, 7) is 5.76. The van der Waals surface area contributed by atoms with Gasteiger partial charge < -0.3 is 10.2 Å². The molecule has 1 aliphatic rings. The molecule has 1 aliphatic heterocycles. The fraction of sp³-hybridized carbons (Fsp3) is 0.304. The highest BCUT2D eigenvalue weighted by Gasteiger charge is 2.28. The summed E-state index contributed by atoms with van der Waals surface area (Å²) in [5, 5.41) is 2.78. The maximum Gasteiger partial charge on any atom is 0.243 e.